The molecule has 3 rings (SSSR count). The van der Waals surface area contributed by atoms with Crippen LogP contribution in [0.4, 0.5) is 4.39 Å². The van der Waals surface area contributed by atoms with Crippen molar-refractivity contribution < 1.29 is 37.4 Å². The Balaban J connectivity index is 1.88. The third kappa shape index (κ3) is 6.36. The van der Waals surface area contributed by atoms with Crippen LogP contribution in [-0.4, -0.2) is 51.1 Å². The summed E-state index contributed by atoms with van der Waals surface area (Å²) in [7, 11) is -4.45. The Morgan fingerprint density at radius 2 is 2.00 bits per heavy atom. The van der Waals surface area contributed by atoms with Gasteiger partial charge in [0, 0.05) is 12.3 Å². The standard InChI is InChI=1S/C23H25FN3O9P/c1-5-23(19(29)18(24)20(35-23)27-12-11-17(28)25-22(27)31)13-33-37(32,36-16-9-7-6-8-10-16)26-15(4)21(30)34-14(2)3/h1,6-12,14-15,19,29H,13H2,2-4H3,(H,26,32)(H,25,28,31)/t15?,19-,23+,37?/m0/s1. The second kappa shape index (κ2) is 11.1. The van der Waals surface area contributed by atoms with E-state index in [1.165, 1.54) is 19.1 Å². The van der Waals surface area contributed by atoms with E-state index in [-0.39, 0.29) is 5.75 Å². The average Bonchev–Trinajstić information content (AvgIpc) is 3.08. The fourth-order valence-electron chi connectivity index (χ4n) is 3.11. The topological polar surface area (TPSA) is 158 Å². The van der Waals surface area contributed by atoms with Crippen LogP contribution in [-0.2, 0) is 23.4 Å². The molecule has 198 valence electrons. The minimum Gasteiger partial charge on any atom is -0.462 e. The Bertz CT molecular complexity index is 1380. The first-order chi connectivity index (χ1) is 17.4. The van der Waals surface area contributed by atoms with Crippen LogP contribution < -0.4 is 20.9 Å². The molecule has 1 aromatic carbocycles. The van der Waals surface area contributed by atoms with Gasteiger partial charge in [0.15, 0.2) is 11.9 Å². The van der Waals surface area contributed by atoms with Crippen molar-refractivity contribution in [1.29, 1.82) is 0 Å². The van der Waals surface area contributed by atoms with Crippen LogP contribution in [0.1, 0.15) is 20.8 Å². The van der Waals surface area contributed by atoms with Gasteiger partial charge in [-0.15, -0.1) is 6.42 Å². The summed E-state index contributed by atoms with van der Waals surface area (Å²) in [6.45, 7) is 3.70. The number of hydrogen-bond donors (Lipinski definition) is 3. The molecule has 2 heterocycles. The summed E-state index contributed by atoms with van der Waals surface area (Å²) in [5.41, 5.74) is -4.10. The van der Waals surface area contributed by atoms with Gasteiger partial charge in [0.25, 0.3) is 5.56 Å². The number of benzene rings is 1. The summed E-state index contributed by atoms with van der Waals surface area (Å²) in [6, 6.07) is 7.54. The molecule has 0 radical (unpaired) electrons. The quantitative estimate of drug-likeness (QED) is 0.231. The molecule has 0 spiro atoms. The highest BCUT2D eigenvalue weighted by atomic mass is 31.2. The van der Waals surface area contributed by atoms with Crippen molar-refractivity contribution in [1.82, 2.24) is 14.6 Å². The summed E-state index contributed by atoms with van der Waals surface area (Å²) < 4.78 is 50.6. The Morgan fingerprint density at radius 3 is 2.59 bits per heavy atom. The van der Waals surface area contributed by atoms with Crippen molar-refractivity contribution >= 4 is 19.6 Å². The smallest absolute Gasteiger partial charge is 0.459 e. The van der Waals surface area contributed by atoms with E-state index in [4.69, 9.17) is 24.9 Å². The lowest BCUT2D eigenvalue weighted by Crippen LogP contribution is -2.45. The summed E-state index contributed by atoms with van der Waals surface area (Å²) in [5, 5.41) is 13.0. The fraction of sp³-hybridized carbons (Fsp3) is 0.348. The van der Waals surface area contributed by atoms with Crippen LogP contribution in [0.15, 0.2) is 58.0 Å². The maximum absolute atomic E-state index is 15.0. The molecule has 0 saturated heterocycles. The molecule has 0 aliphatic carbocycles. The summed E-state index contributed by atoms with van der Waals surface area (Å²) >= 11 is 0. The Hall–Kier alpha value is -3.69. The lowest BCUT2D eigenvalue weighted by atomic mass is 10.00. The minimum absolute atomic E-state index is 0.0928. The molecule has 0 bridgehead atoms. The average molecular weight is 537 g/mol. The summed E-state index contributed by atoms with van der Waals surface area (Å²) in [4.78, 5) is 37.6. The molecular weight excluding hydrogens is 512 g/mol. The highest BCUT2D eigenvalue weighted by Crippen LogP contribution is 2.47. The molecule has 37 heavy (non-hydrogen) atoms. The number of nitrogens with one attached hydrogen (secondary N) is 2. The van der Waals surface area contributed by atoms with Crippen LogP contribution in [0.3, 0.4) is 0 Å². The molecule has 1 aliphatic rings. The van der Waals surface area contributed by atoms with Gasteiger partial charge in [-0.2, -0.15) is 5.09 Å². The molecule has 14 heteroatoms. The summed E-state index contributed by atoms with van der Waals surface area (Å²) in [6.07, 6.45) is 3.84. The second-order valence-corrected chi connectivity index (χ2v) is 9.88. The molecule has 0 saturated carbocycles. The zero-order chi connectivity index (χ0) is 27.4. The van der Waals surface area contributed by atoms with Crippen molar-refractivity contribution in [2.75, 3.05) is 6.61 Å². The molecule has 12 nitrogen and oxygen atoms in total. The van der Waals surface area contributed by atoms with Crippen molar-refractivity contribution in [3.05, 3.63) is 69.3 Å². The number of hydrogen-bond acceptors (Lipinski definition) is 9. The maximum atomic E-state index is 15.0. The minimum atomic E-state index is -4.45. The zero-order valence-corrected chi connectivity index (χ0v) is 20.9. The first-order valence-electron chi connectivity index (χ1n) is 10.9. The lowest BCUT2D eigenvalue weighted by Gasteiger charge is -2.29. The number of aliphatic hydroxyl groups excluding tert-OH is 1. The Kier molecular flexibility index (Phi) is 8.40. The Labute approximate surface area is 210 Å². The number of halogens is 1. The van der Waals surface area contributed by atoms with Gasteiger partial charge in [0.2, 0.25) is 11.5 Å². The van der Waals surface area contributed by atoms with Gasteiger partial charge in [-0.05, 0) is 32.9 Å². The van der Waals surface area contributed by atoms with Crippen molar-refractivity contribution in [3.8, 4) is 18.1 Å². The van der Waals surface area contributed by atoms with Crippen molar-refractivity contribution in [2.45, 2.75) is 44.6 Å². The number of carbonyl (C=O) groups is 1. The van der Waals surface area contributed by atoms with E-state index >= 15 is 0 Å². The van der Waals surface area contributed by atoms with Crippen LogP contribution in [0.5, 0.6) is 5.75 Å². The maximum Gasteiger partial charge on any atom is 0.459 e. The normalized spacial score (nSPS) is 21.6. The second-order valence-electron chi connectivity index (χ2n) is 8.18. The van der Waals surface area contributed by atoms with Crippen LogP contribution >= 0.6 is 7.75 Å². The third-order valence-electron chi connectivity index (χ3n) is 4.93. The van der Waals surface area contributed by atoms with E-state index in [1.807, 2.05) is 4.98 Å². The fourth-order valence-corrected chi connectivity index (χ4v) is 4.63. The van der Waals surface area contributed by atoms with E-state index in [1.54, 1.807) is 32.0 Å². The summed E-state index contributed by atoms with van der Waals surface area (Å²) in [5.74, 6) is -0.732. The first kappa shape index (κ1) is 27.9. The molecule has 1 aromatic heterocycles. The zero-order valence-electron chi connectivity index (χ0n) is 20.0. The van der Waals surface area contributed by atoms with Crippen LogP contribution in [0, 0.1) is 12.3 Å². The van der Waals surface area contributed by atoms with E-state index in [0.29, 0.717) is 4.57 Å². The van der Waals surface area contributed by atoms with Gasteiger partial charge in [-0.25, -0.2) is 18.3 Å². The largest absolute Gasteiger partial charge is 0.462 e. The highest BCUT2D eigenvalue weighted by molar-refractivity contribution is 7.52. The monoisotopic (exact) mass is 537 g/mol. The van der Waals surface area contributed by atoms with Gasteiger partial charge in [-0.1, -0.05) is 24.1 Å². The van der Waals surface area contributed by atoms with Gasteiger partial charge in [0.05, 0.1) is 6.10 Å². The predicted octanol–water partition coefficient (Wildman–Crippen LogP) is 1.53. The molecule has 2 aromatic rings. The Morgan fingerprint density at radius 1 is 1.32 bits per heavy atom. The SMILES string of the molecule is C#C[C@]1(COP(=O)(NC(C)C(=O)OC(C)C)Oc2ccccc2)OC(n2ccc(=O)[nH]c2=O)=C(F)[C@@H]1O. The first-order valence-corrected chi connectivity index (χ1v) is 12.5. The van der Waals surface area contributed by atoms with Gasteiger partial charge in [-0.3, -0.25) is 19.1 Å². The number of carbonyl (C=O) groups excluding carboxylic acids is 1. The van der Waals surface area contributed by atoms with Crippen molar-refractivity contribution in [3.63, 3.8) is 0 Å². The number of H-pyrrole nitrogens is 1. The lowest BCUT2D eigenvalue weighted by molar-refractivity contribution is -0.149. The van der Waals surface area contributed by atoms with E-state index in [0.717, 1.165) is 12.3 Å². The number of para-hydroxylation sites is 1. The molecule has 0 amide bonds. The number of aromatic amines is 1. The molecule has 2 unspecified atom stereocenters. The van der Waals surface area contributed by atoms with Crippen LogP contribution in [0.25, 0.3) is 5.88 Å². The molecule has 0 fully saturated rings. The highest BCUT2D eigenvalue weighted by Gasteiger charge is 2.52. The van der Waals surface area contributed by atoms with E-state index in [2.05, 4.69) is 11.0 Å². The predicted molar refractivity (Wildman–Crippen MR) is 129 cm³/mol. The van der Waals surface area contributed by atoms with Gasteiger partial charge in [0.1, 0.15) is 18.4 Å². The van der Waals surface area contributed by atoms with Gasteiger partial charge >= 0.3 is 19.4 Å². The number of esters is 1. The number of terminal acetylenes is 1. The molecule has 3 N–H and O–H groups in total. The van der Waals surface area contributed by atoms with E-state index < -0.39 is 67.1 Å². The number of aliphatic hydroxyl groups is 1. The molecule has 1 aliphatic heterocycles. The van der Waals surface area contributed by atoms with Crippen molar-refractivity contribution in [2.24, 2.45) is 0 Å². The van der Waals surface area contributed by atoms with Crippen LogP contribution in [0.2, 0.25) is 0 Å². The van der Waals surface area contributed by atoms with E-state index in [9.17, 15) is 28.4 Å². The number of ether oxygens (including phenoxy) is 2. The third-order valence-corrected chi connectivity index (χ3v) is 6.55. The molecular formula is C23H25FN3O9P. The molecule has 4 atom stereocenters. The number of rotatable bonds is 10. The number of aromatic nitrogens is 2. The van der Waals surface area contributed by atoms with Gasteiger partial charge < -0.3 is 19.1 Å². The number of nitrogens with zero attached hydrogens (tertiary/aromatic N) is 1.